The molecule has 1 aliphatic heterocycles. The minimum atomic E-state index is -0.203. The number of rotatable bonds is 8. The van der Waals surface area contributed by atoms with Crippen LogP contribution < -0.4 is 4.74 Å². The lowest BCUT2D eigenvalue weighted by Crippen LogP contribution is -2.30. The maximum atomic E-state index is 12.6. The predicted molar refractivity (Wildman–Crippen MR) is 135 cm³/mol. The molecule has 2 heterocycles. The van der Waals surface area contributed by atoms with Crippen LogP contribution in [0.2, 0.25) is 0 Å². The van der Waals surface area contributed by atoms with Crippen LogP contribution in [0.25, 0.3) is 10.9 Å². The summed E-state index contributed by atoms with van der Waals surface area (Å²) >= 11 is 3.54. The first-order valence-corrected chi connectivity index (χ1v) is 12.1. The first kappa shape index (κ1) is 22.3. The minimum absolute atomic E-state index is 0.203. The number of aryl methyl sites for hydroxylation is 1. The molecule has 4 aromatic rings. The van der Waals surface area contributed by atoms with Crippen molar-refractivity contribution in [3.05, 3.63) is 106 Å². The molecule has 0 spiro atoms. The topological polar surface area (TPSA) is 59.5 Å². The fourth-order valence-electron chi connectivity index (χ4n) is 4.35. The third-order valence-electron chi connectivity index (χ3n) is 6.07. The highest BCUT2D eigenvalue weighted by Gasteiger charge is 2.34. The van der Waals surface area contributed by atoms with Gasteiger partial charge in [0.1, 0.15) is 12.4 Å². The highest BCUT2D eigenvalue weighted by atomic mass is 79.9. The molecule has 0 saturated heterocycles. The van der Waals surface area contributed by atoms with Gasteiger partial charge in [-0.3, -0.25) is 19.5 Å². The fraction of sp³-hybridized carbons (Fsp3) is 0.179. The molecule has 5 rings (SSSR count). The number of ether oxygens (including phenoxy) is 1. The molecule has 1 aromatic heterocycles. The normalized spacial score (nSPS) is 12.9. The van der Waals surface area contributed by atoms with E-state index < -0.39 is 0 Å². The summed E-state index contributed by atoms with van der Waals surface area (Å²) in [6, 6.07) is 23.1. The standard InChI is InChI=1S/C28H23BrN2O3/c29-20-16-24-21(10-6-7-15-31-27(32)22-11-4-5-12-23(22)28(31)33)26(14-13-25(24)30-17-20)34-18-19-8-2-1-3-9-19/h1-5,8-9,11-14,16-17H,6-7,10,15,18H2. The lowest BCUT2D eigenvalue weighted by atomic mass is 10.0. The summed E-state index contributed by atoms with van der Waals surface area (Å²) in [7, 11) is 0. The van der Waals surface area contributed by atoms with Gasteiger partial charge < -0.3 is 4.74 Å². The van der Waals surface area contributed by atoms with Crippen LogP contribution in [-0.2, 0) is 13.0 Å². The Morgan fingerprint density at radius 2 is 1.56 bits per heavy atom. The SMILES string of the molecule is O=C1c2ccccc2C(=O)N1CCCCc1c(OCc2ccccc2)ccc2ncc(Br)cc12. The zero-order valence-corrected chi connectivity index (χ0v) is 20.1. The Morgan fingerprint density at radius 1 is 0.853 bits per heavy atom. The van der Waals surface area contributed by atoms with Crippen molar-refractivity contribution in [2.24, 2.45) is 0 Å². The number of benzene rings is 3. The second-order valence-corrected chi connectivity index (χ2v) is 9.22. The van der Waals surface area contributed by atoms with Crippen molar-refractivity contribution < 1.29 is 14.3 Å². The second-order valence-electron chi connectivity index (χ2n) is 8.30. The van der Waals surface area contributed by atoms with Gasteiger partial charge in [0.15, 0.2) is 0 Å². The Balaban J connectivity index is 1.31. The van der Waals surface area contributed by atoms with Crippen LogP contribution in [-0.4, -0.2) is 28.2 Å². The molecule has 0 unspecified atom stereocenters. The summed E-state index contributed by atoms with van der Waals surface area (Å²) in [5.41, 5.74) is 4.09. The monoisotopic (exact) mass is 514 g/mol. The average molecular weight is 515 g/mol. The number of amides is 2. The number of pyridine rings is 1. The number of nitrogens with zero attached hydrogens (tertiary/aromatic N) is 2. The summed E-state index contributed by atoms with van der Waals surface area (Å²) < 4.78 is 7.13. The minimum Gasteiger partial charge on any atom is -0.489 e. The molecular weight excluding hydrogens is 492 g/mol. The van der Waals surface area contributed by atoms with Crippen molar-refractivity contribution in [3.8, 4) is 5.75 Å². The van der Waals surface area contributed by atoms with Gasteiger partial charge in [0, 0.05) is 28.2 Å². The fourth-order valence-corrected chi connectivity index (χ4v) is 4.69. The molecule has 0 fully saturated rings. The summed E-state index contributed by atoms with van der Waals surface area (Å²) in [4.78, 5) is 31.2. The summed E-state index contributed by atoms with van der Waals surface area (Å²) in [5.74, 6) is 0.425. The van der Waals surface area contributed by atoms with Crippen molar-refractivity contribution >= 4 is 38.6 Å². The first-order valence-electron chi connectivity index (χ1n) is 11.3. The van der Waals surface area contributed by atoms with E-state index in [4.69, 9.17) is 4.74 Å². The second kappa shape index (κ2) is 9.77. The molecule has 0 atom stereocenters. The van der Waals surface area contributed by atoms with E-state index in [1.165, 1.54) is 4.90 Å². The highest BCUT2D eigenvalue weighted by molar-refractivity contribution is 9.10. The Hall–Kier alpha value is -3.51. The number of fused-ring (bicyclic) bond motifs is 2. The van der Waals surface area contributed by atoms with Gasteiger partial charge in [0.25, 0.3) is 11.8 Å². The maximum Gasteiger partial charge on any atom is 0.261 e. The Kier molecular flexibility index (Phi) is 6.41. The average Bonchev–Trinajstić information content (AvgIpc) is 3.11. The van der Waals surface area contributed by atoms with Crippen molar-refractivity contribution in [2.45, 2.75) is 25.9 Å². The van der Waals surface area contributed by atoms with E-state index >= 15 is 0 Å². The van der Waals surface area contributed by atoms with Crippen molar-refractivity contribution in [2.75, 3.05) is 6.54 Å². The molecule has 170 valence electrons. The molecular formula is C28H23BrN2O3. The first-order chi connectivity index (χ1) is 16.6. The summed E-state index contributed by atoms with van der Waals surface area (Å²) in [5, 5.41) is 1.04. The predicted octanol–water partition coefficient (Wildman–Crippen LogP) is 6.20. The largest absolute Gasteiger partial charge is 0.489 e. The number of imide groups is 1. The molecule has 1 aliphatic rings. The van der Waals surface area contributed by atoms with Crippen LogP contribution in [0.15, 0.2) is 83.5 Å². The van der Waals surface area contributed by atoms with Crippen LogP contribution in [0.5, 0.6) is 5.75 Å². The van der Waals surface area contributed by atoms with Gasteiger partial charge in [-0.1, -0.05) is 42.5 Å². The van der Waals surface area contributed by atoms with E-state index in [0.717, 1.165) is 45.1 Å². The number of hydrogen-bond acceptors (Lipinski definition) is 4. The van der Waals surface area contributed by atoms with E-state index in [9.17, 15) is 9.59 Å². The molecule has 0 saturated carbocycles. The Morgan fingerprint density at radius 3 is 2.29 bits per heavy atom. The molecule has 2 amide bonds. The molecule has 0 N–H and O–H groups in total. The number of halogens is 1. The molecule has 0 aliphatic carbocycles. The number of aromatic nitrogens is 1. The van der Waals surface area contributed by atoms with Crippen LogP contribution in [0, 0.1) is 0 Å². The zero-order chi connectivity index (χ0) is 23.5. The van der Waals surface area contributed by atoms with E-state index in [2.05, 4.69) is 27.0 Å². The zero-order valence-electron chi connectivity index (χ0n) is 18.5. The van der Waals surface area contributed by atoms with Gasteiger partial charge in [-0.15, -0.1) is 0 Å². The van der Waals surface area contributed by atoms with Gasteiger partial charge >= 0.3 is 0 Å². The number of hydrogen-bond donors (Lipinski definition) is 0. The molecule has 0 radical (unpaired) electrons. The van der Waals surface area contributed by atoms with E-state index in [0.29, 0.717) is 30.7 Å². The maximum absolute atomic E-state index is 12.6. The lowest BCUT2D eigenvalue weighted by molar-refractivity contribution is 0.0651. The van der Waals surface area contributed by atoms with E-state index in [1.807, 2.05) is 42.5 Å². The number of carbonyl (C=O) groups excluding carboxylic acids is 2. The van der Waals surface area contributed by atoms with Crippen LogP contribution in [0.4, 0.5) is 0 Å². The van der Waals surface area contributed by atoms with Crippen LogP contribution >= 0.6 is 15.9 Å². The Bertz CT molecular complexity index is 1340. The van der Waals surface area contributed by atoms with Crippen molar-refractivity contribution in [1.29, 1.82) is 0 Å². The third-order valence-corrected chi connectivity index (χ3v) is 6.51. The van der Waals surface area contributed by atoms with Crippen LogP contribution in [0.1, 0.15) is 44.7 Å². The van der Waals surface area contributed by atoms with Gasteiger partial charge in [-0.2, -0.15) is 0 Å². The molecule has 5 nitrogen and oxygen atoms in total. The third kappa shape index (κ3) is 4.46. The summed E-state index contributed by atoms with van der Waals surface area (Å²) in [6.07, 6.45) is 4.06. The van der Waals surface area contributed by atoms with Crippen molar-refractivity contribution in [3.63, 3.8) is 0 Å². The smallest absolute Gasteiger partial charge is 0.261 e. The highest BCUT2D eigenvalue weighted by Crippen LogP contribution is 2.31. The Labute approximate surface area is 206 Å². The van der Waals surface area contributed by atoms with Gasteiger partial charge in [-0.25, -0.2) is 0 Å². The number of unbranched alkanes of at least 4 members (excludes halogenated alkanes) is 1. The quantitative estimate of drug-likeness (QED) is 0.207. The van der Waals surface area contributed by atoms with Gasteiger partial charge in [-0.05, 0) is 71.1 Å². The van der Waals surface area contributed by atoms with Crippen molar-refractivity contribution in [1.82, 2.24) is 9.88 Å². The molecule has 6 heteroatoms. The lowest BCUT2D eigenvalue weighted by Gasteiger charge is -2.16. The summed E-state index contributed by atoms with van der Waals surface area (Å²) in [6.45, 7) is 0.884. The molecule has 34 heavy (non-hydrogen) atoms. The molecule has 3 aromatic carbocycles. The van der Waals surface area contributed by atoms with Crippen LogP contribution in [0.3, 0.4) is 0 Å². The van der Waals surface area contributed by atoms with Gasteiger partial charge in [0.05, 0.1) is 16.6 Å². The molecule has 0 bridgehead atoms. The van der Waals surface area contributed by atoms with E-state index in [1.54, 1.807) is 30.5 Å². The number of carbonyl (C=O) groups is 2. The van der Waals surface area contributed by atoms with E-state index in [-0.39, 0.29) is 11.8 Å². The van der Waals surface area contributed by atoms with Gasteiger partial charge in [0.2, 0.25) is 0 Å².